The van der Waals surface area contributed by atoms with Gasteiger partial charge < -0.3 is 9.47 Å². The number of ether oxygens (including phenoxy) is 2. The van der Waals surface area contributed by atoms with Crippen molar-refractivity contribution in [2.24, 2.45) is 11.8 Å². The quantitative estimate of drug-likeness (QED) is 0.249. The maximum Gasteiger partial charge on any atom is 0.339 e. The van der Waals surface area contributed by atoms with Crippen molar-refractivity contribution in [3.63, 3.8) is 0 Å². The van der Waals surface area contributed by atoms with Crippen LogP contribution in [0.15, 0.2) is 24.3 Å². The molecule has 0 saturated heterocycles. The number of benzene rings is 1. The Morgan fingerprint density at radius 3 is 1.45 bits per heavy atom. The van der Waals surface area contributed by atoms with Crippen LogP contribution in [0.2, 0.25) is 0 Å². The second-order valence-electron chi connectivity index (χ2n) is 7.58. The third kappa shape index (κ3) is 10.3. The molecule has 0 saturated carbocycles. The fourth-order valence-electron chi connectivity index (χ4n) is 3.18. The van der Waals surface area contributed by atoms with Gasteiger partial charge in [-0.1, -0.05) is 78.4 Å². The van der Waals surface area contributed by atoms with Gasteiger partial charge in [-0.2, -0.15) is 0 Å². The van der Waals surface area contributed by atoms with E-state index in [4.69, 9.17) is 9.47 Å². The average Bonchev–Trinajstić information content (AvgIpc) is 2.73. The van der Waals surface area contributed by atoms with E-state index < -0.39 is 11.9 Å². The molecule has 0 aliphatic carbocycles. The zero-order valence-corrected chi connectivity index (χ0v) is 20.8. The van der Waals surface area contributed by atoms with Crippen LogP contribution in [0.5, 0.6) is 0 Å². The van der Waals surface area contributed by atoms with Crippen LogP contribution >= 0.6 is 0 Å². The van der Waals surface area contributed by atoms with E-state index in [9.17, 15) is 9.59 Å². The number of hydrogen-bond acceptors (Lipinski definition) is 4. The van der Waals surface area contributed by atoms with Gasteiger partial charge in [-0.25, -0.2) is 9.59 Å². The molecule has 4 radical (unpaired) electrons. The average molecular weight is 463 g/mol. The Hall–Kier alpha value is -1.30. The van der Waals surface area contributed by atoms with Gasteiger partial charge in [-0.15, -0.1) is 0 Å². The summed E-state index contributed by atoms with van der Waals surface area (Å²) < 4.78 is 11.0. The van der Waals surface area contributed by atoms with E-state index in [1.54, 1.807) is 24.3 Å². The summed E-state index contributed by atoms with van der Waals surface area (Å²) in [5.41, 5.74) is 0.582. The summed E-state index contributed by atoms with van der Waals surface area (Å²) in [5.74, 6) is -0.153. The monoisotopic (exact) mass is 464 g/mol. The molecule has 0 aliphatic heterocycles. The Morgan fingerprint density at radius 2 is 1.14 bits per heavy atom. The number of carbonyl (C=O) groups excluding carboxylic acids is 2. The Labute approximate surface area is 188 Å². The van der Waals surface area contributed by atoms with Crippen molar-refractivity contribution in [3.05, 3.63) is 35.4 Å². The number of hydrogen-bond donors (Lipinski definition) is 0. The van der Waals surface area contributed by atoms with Gasteiger partial charge in [0.15, 0.2) is 0 Å². The standard InChI is InChI=1S/C24H38O4.Ge/c1-5-9-13-19(7-3)17-27-23(25)21-15-11-12-16-22(21)24(26)28-18-20(8-4)14-10-6-2;/h11-12,15-16,19-20H,5-10,13-14,17-18H2,1-4H3;. The molecule has 2 unspecified atom stereocenters. The summed E-state index contributed by atoms with van der Waals surface area (Å²) in [4.78, 5) is 25.1. The summed E-state index contributed by atoms with van der Waals surface area (Å²) in [6, 6.07) is 6.77. The molecule has 1 aromatic carbocycles. The number of rotatable bonds is 14. The molecule has 0 amide bonds. The Balaban J connectivity index is 0.00000784. The first-order valence-electron chi connectivity index (χ1n) is 11.0. The summed E-state index contributed by atoms with van der Waals surface area (Å²) in [6.45, 7) is 9.34. The van der Waals surface area contributed by atoms with Crippen LogP contribution in [0, 0.1) is 11.8 Å². The third-order valence-electron chi connectivity index (χ3n) is 5.35. The zero-order chi connectivity index (χ0) is 20.8. The molecule has 0 aromatic heterocycles. The molecular formula is C24H38GeO4. The predicted molar refractivity (Wildman–Crippen MR) is 119 cm³/mol. The van der Waals surface area contributed by atoms with Crippen LogP contribution < -0.4 is 0 Å². The second kappa shape index (κ2) is 16.5. The van der Waals surface area contributed by atoms with E-state index in [1.165, 1.54) is 0 Å². The van der Waals surface area contributed by atoms with Gasteiger partial charge in [0.05, 0.1) is 24.3 Å². The van der Waals surface area contributed by atoms with Crippen molar-refractivity contribution in [2.45, 2.75) is 79.1 Å². The molecule has 5 heteroatoms. The zero-order valence-electron chi connectivity index (χ0n) is 18.7. The first-order valence-corrected chi connectivity index (χ1v) is 11.0. The molecule has 1 aromatic rings. The SMILES string of the molecule is CCCCC(CC)COC(=O)c1ccccc1C(=O)OCC(CC)CCCC.[Ge]. The maximum absolute atomic E-state index is 12.6. The van der Waals surface area contributed by atoms with Gasteiger partial charge in [-0.3, -0.25) is 0 Å². The molecule has 2 atom stereocenters. The van der Waals surface area contributed by atoms with E-state index in [0.717, 1.165) is 51.4 Å². The topological polar surface area (TPSA) is 52.6 Å². The minimum absolute atomic E-state index is 0. The van der Waals surface area contributed by atoms with Crippen LogP contribution in [-0.2, 0) is 9.47 Å². The van der Waals surface area contributed by atoms with E-state index in [0.29, 0.717) is 36.2 Å². The third-order valence-corrected chi connectivity index (χ3v) is 5.35. The maximum atomic E-state index is 12.6. The van der Waals surface area contributed by atoms with Gasteiger partial charge in [0.1, 0.15) is 0 Å². The fraction of sp³-hybridized carbons (Fsp3) is 0.667. The summed E-state index contributed by atoms with van der Waals surface area (Å²) in [6.07, 6.45) is 8.61. The molecule has 0 N–H and O–H groups in total. The first kappa shape index (κ1) is 27.7. The van der Waals surface area contributed by atoms with Gasteiger partial charge in [0.25, 0.3) is 0 Å². The van der Waals surface area contributed by atoms with Crippen molar-refractivity contribution in [1.29, 1.82) is 0 Å². The van der Waals surface area contributed by atoms with Gasteiger partial charge >= 0.3 is 11.9 Å². The van der Waals surface area contributed by atoms with Gasteiger partial charge in [0.2, 0.25) is 0 Å². The van der Waals surface area contributed by atoms with Crippen LogP contribution in [0.3, 0.4) is 0 Å². The second-order valence-corrected chi connectivity index (χ2v) is 7.58. The van der Waals surface area contributed by atoms with Crippen molar-refractivity contribution < 1.29 is 19.1 Å². The molecular weight excluding hydrogens is 425 g/mol. The molecule has 1 rings (SSSR count). The number of unbranched alkanes of at least 4 members (excludes halogenated alkanes) is 2. The first-order chi connectivity index (χ1) is 13.6. The Morgan fingerprint density at radius 1 is 0.759 bits per heavy atom. The van der Waals surface area contributed by atoms with Crippen LogP contribution in [-0.4, -0.2) is 42.7 Å². The number of carbonyl (C=O) groups is 2. The molecule has 0 heterocycles. The summed E-state index contributed by atoms with van der Waals surface area (Å²) >= 11 is 0. The van der Waals surface area contributed by atoms with Crippen LogP contribution in [0.1, 0.15) is 99.8 Å². The molecule has 4 nitrogen and oxygen atoms in total. The van der Waals surface area contributed by atoms with E-state index >= 15 is 0 Å². The van der Waals surface area contributed by atoms with Gasteiger partial charge in [0, 0.05) is 17.6 Å². The fourth-order valence-corrected chi connectivity index (χ4v) is 3.18. The normalized spacial score (nSPS) is 12.6. The van der Waals surface area contributed by atoms with Crippen molar-refractivity contribution >= 4 is 29.5 Å². The van der Waals surface area contributed by atoms with Crippen molar-refractivity contribution in [3.8, 4) is 0 Å². The molecule has 162 valence electrons. The van der Waals surface area contributed by atoms with Crippen LogP contribution in [0.4, 0.5) is 0 Å². The smallest absolute Gasteiger partial charge is 0.339 e. The van der Waals surface area contributed by atoms with Crippen LogP contribution in [0.25, 0.3) is 0 Å². The molecule has 29 heavy (non-hydrogen) atoms. The van der Waals surface area contributed by atoms with Gasteiger partial charge in [-0.05, 0) is 36.8 Å². The van der Waals surface area contributed by atoms with E-state index in [-0.39, 0.29) is 17.6 Å². The summed E-state index contributed by atoms with van der Waals surface area (Å²) in [7, 11) is 0. The summed E-state index contributed by atoms with van der Waals surface area (Å²) in [5, 5.41) is 0. The minimum Gasteiger partial charge on any atom is -0.462 e. The molecule has 0 aliphatic rings. The van der Waals surface area contributed by atoms with Crippen molar-refractivity contribution in [1.82, 2.24) is 0 Å². The Kier molecular flexibility index (Phi) is 15.8. The van der Waals surface area contributed by atoms with E-state index in [1.807, 2.05) is 0 Å². The number of esters is 2. The van der Waals surface area contributed by atoms with Crippen molar-refractivity contribution in [2.75, 3.05) is 13.2 Å². The molecule has 0 bridgehead atoms. The predicted octanol–water partition coefficient (Wildman–Crippen LogP) is 6.05. The largest absolute Gasteiger partial charge is 0.462 e. The molecule has 0 fully saturated rings. The molecule has 0 spiro atoms. The minimum atomic E-state index is -0.444. The van der Waals surface area contributed by atoms with E-state index in [2.05, 4.69) is 27.7 Å². The Bertz CT molecular complexity index is 537.